The molecule has 2 heterocycles. The quantitative estimate of drug-likeness (QED) is 0.423. The van der Waals surface area contributed by atoms with Gasteiger partial charge in [0, 0.05) is 5.69 Å². The van der Waals surface area contributed by atoms with E-state index in [1.165, 1.54) is 48.2 Å². The molecule has 0 radical (unpaired) electrons. The maximum atomic E-state index is 13.6. The zero-order valence-electron chi connectivity index (χ0n) is 17.7. The standard InChI is InChI=1S/C24H19F2N5O2S/c25-16-8-6-15(7-9-16)21-22(23(32)27-18-12-10-17(26)11-13-18)34-24-29-28-20(31(24)30-21)14-33-19-4-2-1-3-5-19/h1-13,21-22,30H,14H2,(H,27,32)/t21-,22+/m1/s1. The number of para-hydroxylation sites is 1. The van der Waals surface area contributed by atoms with Gasteiger partial charge in [-0.1, -0.05) is 42.1 Å². The molecule has 1 aliphatic heterocycles. The number of carbonyl (C=O) groups is 1. The van der Waals surface area contributed by atoms with E-state index in [-0.39, 0.29) is 18.3 Å². The number of anilines is 1. The number of thioether (sulfide) groups is 1. The van der Waals surface area contributed by atoms with Gasteiger partial charge < -0.3 is 15.5 Å². The fraction of sp³-hybridized carbons (Fsp3) is 0.125. The third-order valence-corrected chi connectivity index (χ3v) is 6.43. The highest BCUT2D eigenvalue weighted by Gasteiger charge is 2.38. The van der Waals surface area contributed by atoms with Crippen LogP contribution in [0.4, 0.5) is 14.5 Å². The zero-order valence-corrected chi connectivity index (χ0v) is 18.5. The lowest BCUT2D eigenvalue weighted by molar-refractivity contribution is -0.116. The first-order valence-corrected chi connectivity index (χ1v) is 11.3. The van der Waals surface area contributed by atoms with E-state index in [1.54, 1.807) is 16.8 Å². The average Bonchev–Trinajstić information content (AvgIpc) is 3.26. The van der Waals surface area contributed by atoms with Crippen LogP contribution in [0.15, 0.2) is 84.0 Å². The summed E-state index contributed by atoms with van der Waals surface area (Å²) >= 11 is 1.23. The number of carbonyl (C=O) groups excluding carboxylic acids is 1. The number of amides is 1. The van der Waals surface area contributed by atoms with Crippen LogP contribution in [0.25, 0.3) is 0 Å². The summed E-state index contributed by atoms with van der Waals surface area (Å²) in [7, 11) is 0. The molecule has 0 fully saturated rings. The Kier molecular flexibility index (Phi) is 6.13. The molecule has 3 aromatic carbocycles. The monoisotopic (exact) mass is 479 g/mol. The van der Waals surface area contributed by atoms with Crippen molar-refractivity contribution < 1.29 is 18.3 Å². The van der Waals surface area contributed by atoms with E-state index in [0.29, 0.717) is 28.0 Å². The van der Waals surface area contributed by atoms with E-state index in [1.807, 2.05) is 30.3 Å². The highest BCUT2D eigenvalue weighted by atomic mass is 32.2. The maximum Gasteiger partial charge on any atom is 0.240 e. The molecular weight excluding hydrogens is 460 g/mol. The van der Waals surface area contributed by atoms with Crippen LogP contribution in [-0.2, 0) is 11.4 Å². The average molecular weight is 480 g/mol. The van der Waals surface area contributed by atoms with Gasteiger partial charge in [-0.25, -0.2) is 13.5 Å². The SMILES string of the molecule is O=C(Nc1ccc(F)cc1)[C@H]1Sc2nnc(COc3ccccc3)n2N[C@@H]1c1ccc(F)cc1. The molecule has 10 heteroatoms. The molecule has 5 rings (SSSR count). The third-order valence-electron chi connectivity index (χ3n) is 5.21. The summed E-state index contributed by atoms with van der Waals surface area (Å²) < 4.78 is 34.3. The number of ether oxygens (including phenoxy) is 1. The Labute approximate surface area is 198 Å². The van der Waals surface area contributed by atoms with Gasteiger partial charge in [-0.3, -0.25) is 4.79 Å². The Balaban J connectivity index is 1.41. The van der Waals surface area contributed by atoms with E-state index < -0.39 is 17.1 Å². The molecule has 0 unspecified atom stereocenters. The molecule has 0 saturated carbocycles. The minimum atomic E-state index is -0.657. The number of fused-ring (bicyclic) bond motifs is 1. The zero-order chi connectivity index (χ0) is 23.5. The highest BCUT2D eigenvalue weighted by molar-refractivity contribution is 8.00. The molecule has 2 N–H and O–H groups in total. The van der Waals surface area contributed by atoms with Crippen molar-refractivity contribution in [2.75, 3.05) is 10.7 Å². The highest BCUT2D eigenvalue weighted by Crippen LogP contribution is 2.37. The normalized spacial score (nSPS) is 16.9. The molecule has 2 atom stereocenters. The largest absolute Gasteiger partial charge is 0.486 e. The molecule has 7 nitrogen and oxygen atoms in total. The smallest absolute Gasteiger partial charge is 0.240 e. The number of benzene rings is 3. The van der Waals surface area contributed by atoms with Gasteiger partial charge in [0.05, 0.1) is 6.04 Å². The van der Waals surface area contributed by atoms with Crippen LogP contribution in [0.5, 0.6) is 5.75 Å². The summed E-state index contributed by atoms with van der Waals surface area (Å²) in [6.07, 6.45) is 0. The molecule has 4 aromatic rings. The summed E-state index contributed by atoms with van der Waals surface area (Å²) in [5.74, 6) is 0.135. The summed E-state index contributed by atoms with van der Waals surface area (Å²) in [6, 6.07) is 20.3. The van der Waals surface area contributed by atoms with Crippen LogP contribution in [0.2, 0.25) is 0 Å². The van der Waals surface area contributed by atoms with Crippen molar-refractivity contribution in [3.8, 4) is 5.75 Å². The van der Waals surface area contributed by atoms with Crippen molar-refractivity contribution in [3.05, 3.63) is 102 Å². The van der Waals surface area contributed by atoms with Gasteiger partial charge in [0.15, 0.2) is 5.82 Å². The minimum absolute atomic E-state index is 0.160. The lowest BCUT2D eigenvalue weighted by atomic mass is 10.0. The van der Waals surface area contributed by atoms with Crippen molar-refractivity contribution in [2.45, 2.75) is 23.1 Å². The molecule has 0 spiro atoms. The van der Waals surface area contributed by atoms with Crippen molar-refractivity contribution in [1.82, 2.24) is 14.9 Å². The number of hydrogen-bond donors (Lipinski definition) is 2. The Morgan fingerprint density at radius 2 is 1.65 bits per heavy atom. The second-order valence-electron chi connectivity index (χ2n) is 7.53. The van der Waals surface area contributed by atoms with E-state index in [4.69, 9.17) is 4.74 Å². The fourth-order valence-corrected chi connectivity index (χ4v) is 4.62. The molecule has 34 heavy (non-hydrogen) atoms. The number of nitrogens with zero attached hydrogens (tertiary/aromatic N) is 3. The second kappa shape index (κ2) is 9.52. The van der Waals surface area contributed by atoms with Crippen molar-refractivity contribution in [1.29, 1.82) is 0 Å². The van der Waals surface area contributed by atoms with E-state index in [0.717, 1.165) is 0 Å². The van der Waals surface area contributed by atoms with E-state index >= 15 is 0 Å². The minimum Gasteiger partial charge on any atom is -0.486 e. The molecule has 0 aliphatic carbocycles. The molecule has 0 saturated heterocycles. The predicted molar refractivity (Wildman–Crippen MR) is 124 cm³/mol. The molecule has 0 bridgehead atoms. The predicted octanol–water partition coefficient (Wildman–Crippen LogP) is 4.53. The van der Waals surface area contributed by atoms with Crippen molar-refractivity contribution in [2.24, 2.45) is 0 Å². The van der Waals surface area contributed by atoms with E-state index in [9.17, 15) is 13.6 Å². The third kappa shape index (κ3) is 4.72. The van der Waals surface area contributed by atoms with Crippen LogP contribution in [-0.4, -0.2) is 26.0 Å². The Hall–Kier alpha value is -3.92. The summed E-state index contributed by atoms with van der Waals surface area (Å²) in [6.45, 7) is 0.160. The molecular formula is C24H19F2N5O2S. The number of halogens is 2. The van der Waals surface area contributed by atoms with E-state index in [2.05, 4.69) is 20.9 Å². The lowest BCUT2D eigenvalue weighted by Gasteiger charge is -2.33. The van der Waals surface area contributed by atoms with Crippen LogP contribution < -0.4 is 15.5 Å². The first-order chi connectivity index (χ1) is 16.6. The first kappa shape index (κ1) is 21.9. The summed E-state index contributed by atoms with van der Waals surface area (Å²) in [5, 5.41) is 11.1. The van der Waals surface area contributed by atoms with Gasteiger partial charge in [0.25, 0.3) is 0 Å². The lowest BCUT2D eigenvalue weighted by Crippen LogP contribution is -2.41. The van der Waals surface area contributed by atoms with Crippen LogP contribution in [0, 0.1) is 11.6 Å². The fourth-order valence-electron chi connectivity index (χ4n) is 3.52. The van der Waals surface area contributed by atoms with Crippen molar-refractivity contribution >= 4 is 23.4 Å². The van der Waals surface area contributed by atoms with Gasteiger partial charge in [-0.05, 0) is 54.1 Å². The molecule has 1 amide bonds. The molecule has 1 aliphatic rings. The van der Waals surface area contributed by atoms with Gasteiger partial charge in [-0.15, -0.1) is 10.2 Å². The van der Waals surface area contributed by atoms with Crippen molar-refractivity contribution in [3.63, 3.8) is 0 Å². The van der Waals surface area contributed by atoms with Crippen LogP contribution >= 0.6 is 11.8 Å². The van der Waals surface area contributed by atoms with Gasteiger partial charge in [0.1, 0.15) is 29.2 Å². The van der Waals surface area contributed by atoms with Crippen LogP contribution in [0.3, 0.4) is 0 Å². The number of nitrogens with one attached hydrogen (secondary N) is 2. The number of rotatable bonds is 6. The van der Waals surface area contributed by atoms with Gasteiger partial charge >= 0.3 is 0 Å². The Morgan fingerprint density at radius 1 is 0.971 bits per heavy atom. The Bertz CT molecular complexity index is 1280. The van der Waals surface area contributed by atoms with Gasteiger partial charge in [0.2, 0.25) is 11.1 Å². The summed E-state index contributed by atoms with van der Waals surface area (Å²) in [5.41, 5.74) is 4.47. The first-order valence-electron chi connectivity index (χ1n) is 10.4. The topological polar surface area (TPSA) is 81.1 Å². The number of hydrogen-bond acceptors (Lipinski definition) is 6. The summed E-state index contributed by atoms with van der Waals surface area (Å²) in [4.78, 5) is 13.2. The maximum absolute atomic E-state index is 13.6. The Morgan fingerprint density at radius 3 is 2.35 bits per heavy atom. The molecule has 172 valence electrons. The second-order valence-corrected chi connectivity index (χ2v) is 8.64. The number of aromatic nitrogens is 3. The molecule has 1 aromatic heterocycles. The van der Waals surface area contributed by atoms with Gasteiger partial charge in [-0.2, -0.15) is 0 Å². The van der Waals surface area contributed by atoms with Crippen LogP contribution in [0.1, 0.15) is 17.4 Å².